The number of sulfonamides is 1. The molecule has 27 heavy (non-hydrogen) atoms. The van der Waals surface area contributed by atoms with E-state index in [9.17, 15) is 13.2 Å². The van der Waals surface area contributed by atoms with E-state index in [1.54, 1.807) is 24.3 Å². The molecule has 0 radical (unpaired) electrons. The molecular weight excluding hydrogens is 366 g/mol. The average Bonchev–Trinajstić information content (AvgIpc) is 3.00. The molecule has 3 rings (SSSR count). The SMILES string of the molecule is Cc1ccc(S(=O)(=O)NCCCC(=O)N2CCC3(CC2)CN=C(N)N3)cc1. The highest BCUT2D eigenvalue weighted by atomic mass is 32.2. The minimum absolute atomic E-state index is 0.0614. The number of nitrogens with zero attached hydrogens (tertiary/aromatic N) is 2. The van der Waals surface area contributed by atoms with Gasteiger partial charge in [-0.3, -0.25) is 9.79 Å². The summed E-state index contributed by atoms with van der Waals surface area (Å²) in [6.07, 6.45) is 2.45. The van der Waals surface area contributed by atoms with E-state index in [0.717, 1.165) is 18.4 Å². The highest BCUT2D eigenvalue weighted by molar-refractivity contribution is 7.89. The number of amides is 1. The van der Waals surface area contributed by atoms with Gasteiger partial charge < -0.3 is 16.0 Å². The van der Waals surface area contributed by atoms with E-state index in [1.807, 2.05) is 11.8 Å². The third-order valence-electron chi connectivity index (χ3n) is 5.21. The van der Waals surface area contributed by atoms with Crippen molar-refractivity contribution in [3.63, 3.8) is 0 Å². The molecule has 0 atom stereocenters. The maximum absolute atomic E-state index is 12.4. The van der Waals surface area contributed by atoms with E-state index in [0.29, 0.717) is 38.4 Å². The second kappa shape index (κ2) is 7.85. The largest absolute Gasteiger partial charge is 0.370 e. The molecular formula is C18H27N5O3S. The van der Waals surface area contributed by atoms with Gasteiger partial charge in [0, 0.05) is 26.1 Å². The van der Waals surface area contributed by atoms with E-state index in [2.05, 4.69) is 15.0 Å². The lowest BCUT2D eigenvalue weighted by Gasteiger charge is -2.39. The highest BCUT2D eigenvalue weighted by Crippen LogP contribution is 2.25. The zero-order valence-corrected chi connectivity index (χ0v) is 16.4. The number of piperidine rings is 1. The van der Waals surface area contributed by atoms with Crippen LogP contribution in [0.15, 0.2) is 34.2 Å². The van der Waals surface area contributed by atoms with Gasteiger partial charge >= 0.3 is 0 Å². The lowest BCUT2D eigenvalue weighted by Crippen LogP contribution is -2.55. The first-order valence-corrected chi connectivity index (χ1v) is 10.7. The Morgan fingerprint density at radius 1 is 1.30 bits per heavy atom. The van der Waals surface area contributed by atoms with Gasteiger partial charge in [0.15, 0.2) is 5.96 Å². The van der Waals surface area contributed by atoms with Crippen LogP contribution in [-0.4, -0.2) is 56.9 Å². The molecule has 1 amide bonds. The summed E-state index contributed by atoms with van der Waals surface area (Å²) in [6.45, 7) is 4.16. The first-order chi connectivity index (χ1) is 12.8. The van der Waals surface area contributed by atoms with Crippen LogP contribution in [0.2, 0.25) is 0 Å². The Bertz CT molecular complexity index is 812. The van der Waals surface area contributed by atoms with E-state index < -0.39 is 10.0 Å². The monoisotopic (exact) mass is 393 g/mol. The molecule has 0 unspecified atom stereocenters. The Labute approximate surface area is 160 Å². The molecule has 0 saturated carbocycles. The predicted octanol–water partition coefficient (Wildman–Crippen LogP) is 0.333. The van der Waals surface area contributed by atoms with Gasteiger partial charge in [-0.25, -0.2) is 13.1 Å². The van der Waals surface area contributed by atoms with Gasteiger partial charge in [0.25, 0.3) is 0 Å². The molecule has 2 aliphatic heterocycles. The maximum Gasteiger partial charge on any atom is 0.240 e. The normalized spacial score (nSPS) is 19.0. The van der Waals surface area contributed by atoms with E-state index in [4.69, 9.17) is 5.73 Å². The first-order valence-electron chi connectivity index (χ1n) is 9.22. The number of nitrogens with one attached hydrogen (secondary N) is 2. The van der Waals surface area contributed by atoms with Crippen LogP contribution in [0.3, 0.4) is 0 Å². The Kier molecular flexibility index (Phi) is 5.71. The van der Waals surface area contributed by atoms with Gasteiger partial charge in [-0.05, 0) is 38.3 Å². The van der Waals surface area contributed by atoms with Crippen molar-refractivity contribution in [1.82, 2.24) is 14.9 Å². The first kappa shape index (κ1) is 19.6. The van der Waals surface area contributed by atoms with Gasteiger partial charge in [-0.2, -0.15) is 0 Å². The van der Waals surface area contributed by atoms with Crippen LogP contribution >= 0.6 is 0 Å². The van der Waals surface area contributed by atoms with E-state index in [-0.39, 0.29) is 22.9 Å². The standard InChI is InChI=1S/C18H27N5O3S/c1-14-4-6-15(7-5-14)27(25,26)21-10-2-3-16(24)23-11-8-18(9-12-23)13-20-17(19)22-18/h4-7,21H,2-3,8-13H2,1H3,(H3,19,20,22). The topological polar surface area (TPSA) is 117 Å². The summed E-state index contributed by atoms with van der Waals surface area (Å²) in [5.74, 6) is 0.543. The molecule has 148 valence electrons. The Balaban J connectivity index is 1.39. The molecule has 4 N–H and O–H groups in total. The third-order valence-corrected chi connectivity index (χ3v) is 6.69. The molecule has 2 heterocycles. The molecule has 2 aliphatic rings. The molecule has 0 aromatic heterocycles. The van der Waals surface area contributed by atoms with Crippen LogP contribution in [0.1, 0.15) is 31.2 Å². The fourth-order valence-electron chi connectivity index (χ4n) is 3.46. The van der Waals surface area contributed by atoms with Crippen LogP contribution in [0.4, 0.5) is 0 Å². The van der Waals surface area contributed by atoms with Crippen molar-refractivity contribution < 1.29 is 13.2 Å². The summed E-state index contributed by atoms with van der Waals surface area (Å²) in [5.41, 5.74) is 6.61. The quantitative estimate of drug-likeness (QED) is 0.602. The molecule has 1 fully saturated rings. The zero-order valence-electron chi connectivity index (χ0n) is 15.6. The number of guanidine groups is 1. The molecule has 1 saturated heterocycles. The fourth-order valence-corrected chi connectivity index (χ4v) is 4.53. The van der Waals surface area contributed by atoms with Gasteiger partial charge in [0.05, 0.1) is 17.0 Å². The number of likely N-dealkylation sites (tertiary alicyclic amines) is 1. The summed E-state index contributed by atoms with van der Waals surface area (Å²) in [5, 5.41) is 3.23. The van der Waals surface area contributed by atoms with Crippen molar-refractivity contribution in [1.29, 1.82) is 0 Å². The molecule has 1 spiro atoms. The number of rotatable bonds is 6. The molecule has 0 aliphatic carbocycles. The molecule has 1 aromatic rings. The number of hydrogen-bond donors (Lipinski definition) is 3. The van der Waals surface area contributed by atoms with Crippen molar-refractivity contribution in [3.05, 3.63) is 29.8 Å². The molecule has 1 aromatic carbocycles. The predicted molar refractivity (Wildman–Crippen MR) is 104 cm³/mol. The molecule has 0 bridgehead atoms. The fraction of sp³-hybridized carbons (Fsp3) is 0.556. The third kappa shape index (κ3) is 4.78. The summed E-state index contributed by atoms with van der Waals surface area (Å²) in [4.78, 5) is 18.7. The van der Waals surface area contributed by atoms with Crippen molar-refractivity contribution in [3.8, 4) is 0 Å². The lowest BCUT2D eigenvalue weighted by atomic mass is 9.88. The Hall–Kier alpha value is -2.13. The van der Waals surface area contributed by atoms with E-state index in [1.165, 1.54) is 0 Å². The smallest absolute Gasteiger partial charge is 0.240 e. The minimum atomic E-state index is -3.53. The summed E-state index contributed by atoms with van der Waals surface area (Å²) in [6, 6.07) is 6.69. The minimum Gasteiger partial charge on any atom is -0.370 e. The second-order valence-electron chi connectivity index (χ2n) is 7.30. The number of benzene rings is 1. The average molecular weight is 394 g/mol. The second-order valence-corrected chi connectivity index (χ2v) is 9.07. The van der Waals surface area contributed by atoms with Crippen molar-refractivity contribution >= 4 is 21.9 Å². The summed E-state index contributed by atoms with van der Waals surface area (Å²) >= 11 is 0. The van der Waals surface area contributed by atoms with Gasteiger partial charge in [-0.1, -0.05) is 17.7 Å². The highest BCUT2D eigenvalue weighted by Gasteiger charge is 2.38. The number of nitrogens with two attached hydrogens (primary N) is 1. The number of carbonyl (C=O) groups excluding carboxylic acids is 1. The van der Waals surface area contributed by atoms with Crippen molar-refractivity contribution in [2.45, 2.75) is 43.0 Å². The molecule has 9 heteroatoms. The number of aryl methyl sites for hydroxylation is 1. The number of aliphatic imine (C=N–C) groups is 1. The number of carbonyl (C=O) groups is 1. The van der Waals surface area contributed by atoms with Crippen LogP contribution in [-0.2, 0) is 14.8 Å². The van der Waals surface area contributed by atoms with Crippen LogP contribution in [0.5, 0.6) is 0 Å². The van der Waals surface area contributed by atoms with Crippen LogP contribution < -0.4 is 15.8 Å². The maximum atomic E-state index is 12.4. The van der Waals surface area contributed by atoms with E-state index >= 15 is 0 Å². The van der Waals surface area contributed by atoms with Crippen LogP contribution in [0, 0.1) is 6.92 Å². The molecule has 8 nitrogen and oxygen atoms in total. The zero-order chi connectivity index (χ0) is 19.5. The Morgan fingerprint density at radius 3 is 2.56 bits per heavy atom. The summed E-state index contributed by atoms with van der Waals surface area (Å²) in [7, 11) is -3.53. The van der Waals surface area contributed by atoms with Crippen molar-refractivity contribution in [2.75, 3.05) is 26.2 Å². The van der Waals surface area contributed by atoms with Gasteiger partial charge in [0.2, 0.25) is 15.9 Å². The lowest BCUT2D eigenvalue weighted by molar-refractivity contribution is -0.132. The van der Waals surface area contributed by atoms with Crippen molar-refractivity contribution in [2.24, 2.45) is 10.7 Å². The summed E-state index contributed by atoms with van der Waals surface area (Å²) < 4.78 is 27.0. The number of hydrogen-bond acceptors (Lipinski definition) is 6. The van der Waals surface area contributed by atoms with Gasteiger partial charge in [0.1, 0.15) is 0 Å². The van der Waals surface area contributed by atoms with Crippen LogP contribution in [0.25, 0.3) is 0 Å². The van der Waals surface area contributed by atoms with Gasteiger partial charge in [-0.15, -0.1) is 0 Å². The Morgan fingerprint density at radius 2 is 1.96 bits per heavy atom.